The van der Waals surface area contributed by atoms with Crippen molar-refractivity contribution in [1.82, 2.24) is 3.97 Å². The summed E-state index contributed by atoms with van der Waals surface area (Å²) < 4.78 is 81.1. The minimum Gasteiger partial charge on any atom is -0.478 e. The third kappa shape index (κ3) is 3.86. The maximum Gasteiger partial charge on any atom is 0.416 e. The summed E-state index contributed by atoms with van der Waals surface area (Å²) in [5.41, 5.74) is -0.658. The number of aromatic carboxylic acids is 1. The molecule has 0 unspecified atom stereocenters. The van der Waals surface area contributed by atoms with E-state index in [0.29, 0.717) is 0 Å². The molecule has 1 N–H and O–H groups in total. The number of rotatable bonds is 4. The van der Waals surface area contributed by atoms with E-state index >= 15 is 0 Å². The zero-order valence-corrected chi connectivity index (χ0v) is 17.7. The van der Waals surface area contributed by atoms with Gasteiger partial charge in [-0.05, 0) is 67.1 Å². The van der Waals surface area contributed by atoms with Crippen molar-refractivity contribution in [2.24, 2.45) is 0 Å². The summed E-state index contributed by atoms with van der Waals surface area (Å²) in [6.45, 7) is 1.48. The minimum atomic E-state index is -4.65. The van der Waals surface area contributed by atoms with Gasteiger partial charge in [-0.15, -0.1) is 0 Å². The fourth-order valence-electron chi connectivity index (χ4n) is 3.67. The van der Waals surface area contributed by atoms with E-state index in [9.17, 15) is 35.9 Å². The van der Waals surface area contributed by atoms with Crippen molar-refractivity contribution < 1.29 is 35.9 Å². The average molecular weight is 477 g/mol. The number of fused-ring (bicyclic) bond motifs is 1. The molecule has 4 rings (SSSR count). The molecular formula is C23H15F4NO4S. The van der Waals surface area contributed by atoms with E-state index in [0.717, 1.165) is 46.4 Å². The van der Waals surface area contributed by atoms with Crippen molar-refractivity contribution >= 4 is 26.9 Å². The summed E-state index contributed by atoms with van der Waals surface area (Å²) in [7, 11) is -4.39. The number of nitrogens with zero attached hydrogens (tertiary/aromatic N) is 1. The van der Waals surface area contributed by atoms with E-state index in [1.807, 2.05) is 0 Å². The lowest BCUT2D eigenvalue weighted by Crippen LogP contribution is -2.15. The van der Waals surface area contributed by atoms with Crippen LogP contribution in [0.15, 0.2) is 71.6 Å². The van der Waals surface area contributed by atoms with Gasteiger partial charge in [0.05, 0.1) is 27.2 Å². The molecule has 170 valence electrons. The Labute approximate surface area is 185 Å². The molecule has 0 aliphatic rings. The Morgan fingerprint density at radius 1 is 0.970 bits per heavy atom. The van der Waals surface area contributed by atoms with Crippen molar-refractivity contribution in [3.8, 4) is 11.3 Å². The van der Waals surface area contributed by atoms with Crippen LogP contribution >= 0.6 is 0 Å². The second-order valence-corrected chi connectivity index (χ2v) is 9.09. The number of carbonyl (C=O) groups is 1. The van der Waals surface area contributed by atoms with Crippen LogP contribution < -0.4 is 0 Å². The zero-order valence-electron chi connectivity index (χ0n) is 16.9. The average Bonchev–Trinajstić information content (AvgIpc) is 3.12. The molecule has 0 aliphatic heterocycles. The van der Waals surface area contributed by atoms with Gasteiger partial charge in [0.25, 0.3) is 10.0 Å². The Morgan fingerprint density at radius 2 is 1.64 bits per heavy atom. The van der Waals surface area contributed by atoms with E-state index in [1.54, 1.807) is 0 Å². The number of hydrogen-bond donors (Lipinski definition) is 1. The normalized spacial score (nSPS) is 12.3. The molecule has 33 heavy (non-hydrogen) atoms. The Kier molecular flexibility index (Phi) is 5.28. The number of hydrogen-bond acceptors (Lipinski definition) is 3. The van der Waals surface area contributed by atoms with Gasteiger partial charge in [0.15, 0.2) is 0 Å². The molecule has 0 amide bonds. The van der Waals surface area contributed by atoms with Crippen LogP contribution in [-0.2, 0) is 16.2 Å². The van der Waals surface area contributed by atoms with Gasteiger partial charge in [0.1, 0.15) is 5.82 Å². The van der Waals surface area contributed by atoms with Crippen LogP contribution in [0, 0.1) is 12.7 Å². The molecule has 0 bridgehead atoms. The lowest BCUT2D eigenvalue weighted by molar-refractivity contribution is -0.137. The monoisotopic (exact) mass is 477 g/mol. The molecule has 0 saturated heterocycles. The van der Waals surface area contributed by atoms with Gasteiger partial charge >= 0.3 is 12.1 Å². The van der Waals surface area contributed by atoms with E-state index in [2.05, 4.69) is 0 Å². The van der Waals surface area contributed by atoms with Crippen LogP contribution in [0.1, 0.15) is 21.5 Å². The molecule has 1 heterocycles. The topological polar surface area (TPSA) is 76.4 Å². The van der Waals surface area contributed by atoms with Gasteiger partial charge < -0.3 is 5.11 Å². The first-order chi connectivity index (χ1) is 15.4. The summed E-state index contributed by atoms with van der Waals surface area (Å²) in [5, 5.41) is 9.44. The van der Waals surface area contributed by atoms with Gasteiger partial charge in [0.2, 0.25) is 0 Å². The number of carboxylic acids is 1. The third-order valence-corrected chi connectivity index (χ3v) is 7.02. The molecule has 0 saturated carbocycles. The second-order valence-electron chi connectivity index (χ2n) is 7.31. The molecule has 10 heteroatoms. The summed E-state index contributed by atoms with van der Waals surface area (Å²) in [5.74, 6) is -1.90. The highest BCUT2D eigenvalue weighted by Gasteiger charge is 2.32. The summed E-state index contributed by atoms with van der Waals surface area (Å²) in [6, 6.07) is 12.1. The minimum absolute atomic E-state index is 0.00867. The van der Waals surface area contributed by atoms with Gasteiger partial charge in [-0.2, -0.15) is 13.2 Å². The number of aromatic nitrogens is 1. The van der Waals surface area contributed by atoms with E-state index in [4.69, 9.17) is 0 Å². The van der Waals surface area contributed by atoms with Crippen molar-refractivity contribution in [3.05, 3.63) is 89.2 Å². The number of halogens is 4. The Bertz CT molecular complexity index is 1500. The molecular weight excluding hydrogens is 462 g/mol. The SMILES string of the molecule is Cc1c(C(=O)O)cccc1-c1cc2cc(C(F)(F)F)ccc2n1S(=O)(=O)c1ccc(F)cc1. The number of benzene rings is 3. The molecule has 0 aliphatic carbocycles. The molecule has 0 fully saturated rings. The Balaban J connectivity index is 2.09. The highest BCUT2D eigenvalue weighted by Crippen LogP contribution is 2.38. The molecule has 4 aromatic rings. The predicted molar refractivity (Wildman–Crippen MR) is 113 cm³/mol. The van der Waals surface area contributed by atoms with Crippen molar-refractivity contribution in [2.45, 2.75) is 18.0 Å². The van der Waals surface area contributed by atoms with E-state index in [-0.39, 0.29) is 38.2 Å². The zero-order chi connectivity index (χ0) is 24.1. The van der Waals surface area contributed by atoms with Crippen LogP contribution in [0.5, 0.6) is 0 Å². The summed E-state index contributed by atoms with van der Waals surface area (Å²) in [4.78, 5) is 11.3. The first-order valence-corrected chi connectivity index (χ1v) is 10.9. The van der Waals surface area contributed by atoms with Crippen molar-refractivity contribution in [3.63, 3.8) is 0 Å². The third-order valence-electron chi connectivity index (χ3n) is 5.28. The molecule has 3 aromatic carbocycles. The second kappa shape index (κ2) is 7.73. The molecule has 0 radical (unpaired) electrons. The van der Waals surface area contributed by atoms with Gasteiger partial charge in [-0.1, -0.05) is 12.1 Å². The van der Waals surface area contributed by atoms with Crippen LogP contribution in [-0.4, -0.2) is 23.5 Å². The Hall–Kier alpha value is -3.66. The smallest absolute Gasteiger partial charge is 0.416 e. The maximum absolute atomic E-state index is 13.5. The predicted octanol–water partition coefficient (Wildman–Crippen LogP) is 5.71. The van der Waals surface area contributed by atoms with Gasteiger partial charge in [-0.25, -0.2) is 21.6 Å². The molecule has 5 nitrogen and oxygen atoms in total. The maximum atomic E-state index is 13.5. The summed E-state index contributed by atoms with van der Waals surface area (Å²) in [6.07, 6.45) is -4.65. The van der Waals surface area contributed by atoms with E-state index in [1.165, 1.54) is 31.2 Å². The largest absolute Gasteiger partial charge is 0.478 e. The van der Waals surface area contributed by atoms with Crippen molar-refractivity contribution in [2.75, 3.05) is 0 Å². The van der Waals surface area contributed by atoms with Crippen molar-refractivity contribution in [1.29, 1.82) is 0 Å². The quantitative estimate of drug-likeness (QED) is 0.382. The van der Waals surface area contributed by atoms with Crippen LogP contribution in [0.25, 0.3) is 22.2 Å². The highest BCUT2D eigenvalue weighted by molar-refractivity contribution is 7.90. The summed E-state index contributed by atoms with van der Waals surface area (Å²) >= 11 is 0. The Morgan fingerprint density at radius 3 is 2.24 bits per heavy atom. The lowest BCUT2D eigenvalue weighted by atomic mass is 10.00. The van der Waals surface area contributed by atoms with Gasteiger partial charge in [-0.3, -0.25) is 0 Å². The highest BCUT2D eigenvalue weighted by atomic mass is 32.2. The van der Waals surface area contributed by atoms with Crippen LogP contribution in [0.2, 0.25) is 0 Å². The van der Waals surface area contributed by atoms with Crippen LogP contribution in [0.3, 0.4) is 0 Å². The van der Waals surface area contributed by atoms with Crippen LogP contribution in [0.4, 0.5) is 17.6 Å². The molecule has 1 aromatic heterocycles. The van der Waals surface area contributed by atoms with Gasteiger partial charge in [0, 0.05) is 10.9 Å². The number of alkyl halides is 3. The van der Waals surface area contributed by atoms with E-state index < -0.39 is 33.5 Å². The first kappa shape index (κ1) is 22.5. The fraction of sp³-hybridized carbons (Fsp3) is 0.0870. The standard InChI is InChI=1S/C23H15F4NO4S/c1-13-18(3-2-4-19(13)22(29)30)21-12-14-11-15(23(25,26)27)5-10-20(14)28(21)33(31,32)17-8-6-16(24)7-9-17/h2-12H,1H3,(H,29,30). The fourth-order valence-corrected chi connectivity index (χ4v) is 5.20. The molecule has 0 atom stereocenters. The lowest BCUT2D eigenvalue weighted by Gasteiger charge is -2.15. The first-order valence-electron chi connectivity index (χ1n) is 9.48. The molecule has 0 spiro atoms. The number of carboxylic acid groups (broad SMARTS) is 1.